The van der Waals surface area contributed by atoms with Crippen molar-refractivity contribution < 1.29 is 8.42 Å². The Balaban J connectivity index is 1.86. The molecule has 1 aliphatic rings. The molecular formula is C24H29N3O2S. The largest absolute Gasteiger partial charge is 0.307 e. The van der Waals surface area contributed by atoms with E-state index in [0.717, 1.165) is 48.7 Å². The number of anilines is 2. The lowest BCUT2D eigenvalue weighted by Crippen LogP contribution is -2.39. The molecule has 0 aliphatic carbocycles. The fourth-order valence-electron chi connectivity index (χ4n) is 4.09. The normalized spacial score (nSPS) is 15.4. The van der Waals surface area contributed by atoms with Crippen LogP contribution in [-0.4, -0.2) is 21.5 Å². The molecule has 0 bridgehead atoms. The molecule has 2 N–H and O–H groups in total. The number of nitrogens with one attached hydrogen (secondary N) is 2. The lowest BCUT2D eigenvalue weighted by molar-refractivity contribution is 0.599. The zero-order valence-electron chi connectivity index (χ0n) is 17.6. The summed E-state index contributed by atoms with van der Waals surface area (Å²) in [5.41, 5.74) is 5.73. The summed E-state index contributed by atoms with van der Waals surface area (Å²) < 4.78 is 30.4. The quantitative estimate of drug-likeness (QED) is 0.588. The molecular weight excluding hydrogens is 394 g/mol. The molecule has 0 amide bonds. The minimum Gasteiger partial charge on any atom is -0.307 e. The van der Waals surface area contributed by atoms with Gasteiger partial charge in [0.2, 0.25) is 0 Å². The Hall–Kier alpha value is -2.57. The monoisotopic (exact) mass is 423 g/mol. The first-order valence-electron chi connectivity index (χ1n) is 10.6. The average Bonchev–Trinajstić information content (AvgIpc) is 3.02. The van der Waals surface area contributed by atoms with Crippen molar-refractivity contribution in [2.24, 2.45) is 0 Å². The molecule has 0 spiro atoms. The second-order valence-electron chi connectivity index (χ2n) is 8.10. The Labute approximate surface area is 179 Å². The Kier molecular flexibility index (Phi) is 5.97. The summed E-state index contributed by atoms with van der Waals surface area (Å²) in [7, 11) is -3.82. The number of nitrogens with zero attached hydrogens (tertiary/aromatic N) is 1. The van der Waals surface area contributed by atoms with Crippen molar-refractivity contribution in [3.8, 4) is 0 Å². The maximum atomic E-state index is 13.8. The highest BCUT2D eigenvalue weighted by atomic mass is 32.2. The van der Waals surface area contributed by atoms with Gasteiger partial charge in [-0.1, -0.05) is 68.8 Å². The minimum absolute atomic E-state index is 0.211. The number of hydrogen-bond donors (Lipinski definition) is 2. The van der Waals surface area contributed by atoms with Crippen LogP contribution in [0.25, 0.3) is 10.8 Å². The van der Waals surface area contributed by atoms with Crippen LogP contribution in [0.2, 0.25) is 0 Å². The van der Waals surface area contributed by atoms with Crippen LogP contribution in [0.3, 0.4) is 0 Å². The van der Waals surface area contributed by atoms with E-state index in [0.29, 0.717) is 16.3 Å². The molecule has 158 valence electrons. The highest BCUT2D eigenvalue weighted by molar-refractivity contribution is 7.93. The van der Waals surface area contributed by atoms with Crippen molar-refractivity contribution in [3.63, 3.8) is 0 Å². The first kappa shape index (κ1) is 20.7. The molecule has 0 saturated carbocycles. The predicted molar refractivity (Wildman–Crippen MR) is 124 cm³/mol. The Morgan fingerprint density at radius 2 is 1.70 bits per heavy atom. The number of benzene rings is 3. The van der Waals surface area contributed by atoms with Crippen molar-refractivity contribution in [1.29, 1.82) is 0 Å². The first-order valence-corrected chi connectivity index (χ1v) is 12.1. The van der Waals surface area contributed by atoms with Gasteiger partial charge < -0.3 is 5.01 Å². The number of para-hydroxylation sites is 1. The van der Waals surface area contributed by atoms with Gasteiger partial charge in [0.15, 0.2) is 0 Å². The SMILES string of the molecule is CC(C)c1ccccc1NS(=O)(=O)c1c(N2CCCCCN2)ccc2ccccc12. The van der Waals surface area contributed by atoms with Crippen LogP contribution < -0.4 is 15.2 Å². The summed E-state index contributed by atoms with van der Waals surface area (Å²) in [5, 5.41) is 3.65. The van der Waals surface area contributed by atoms with E-state index in [1.54, 1.807) is 0 Å². The molecule has 30 heavy (non-hydrogen) atoms. The molecule has 4 rings (SSSR count). The second-order valence-corrected chi connectivity index (χ2v) is 9.72. The van der Waals surface area contributed by atoms with Crippen molar-refractivity contribution in [2.75, 3.05) is 22.8 Å². The number of hydrazine groups is 1. The van der Waals surface area contributed by atoms with Gasteiger partial charge in [0.25, 0.3) is 10.0 Å². The molecule has 5 nitrogen and oxygen atoms in total. The molecule has 0 atom stereocenters. The molecule has 1 heterocycles. The van der Waals surface area contributed by atoms with Crippen molar-refractivity contribution in [2.45, 2.75) is 43.9 Å². The summed E-state index contributed by atoms with van der Waals surface area (Å²) in [4.78, 5) is 0.327. The maximum absolute atomic E-state index is 13.8. The van der Waals surface area contributed by atoms with Gasteiger partial charge in [0.1, 0.15) is 4.90 Å². The molecule has 0 unspecified atom stereocenters. The fraction of sp³-hybridized carbons (Fsp3) is 0.333. The maximum Gasteiger partial charge on any atom is 0.264 e. The zero-order chi connectivity index (χ0) is 21.1. The van der Waals surface area contributed by atoms with Gasteiger partial charge in [-0.15, -0.1) is 0 Å². The van der Waals surface area contributed by atoms with E-state index in [1.165, 1.54) is 0 Å². The lowest BCUT2D eigenvalue weighted by atomic mass is 10.0. The van der Waals surface area contributed by atoms with Gasteiger partial charge in [-0.3, -0.25) is 4.72 Å². The number of sulfonamides is 1. The Bertz CT molecular complexity index is 1130. The Morgan fingerprint density at radius 1 is 0.933 bits per heavy atom. The smallest absolute Gasteiger partial charge is 0.264 e. The van der Waals surface area contributed by atoms with Crippen LogP contribution in [0.1, 0.15) is 44.6 Å². The van der Waals surface area contributed by atoms with Crippen LogP contribution in [0, 0.1) is 0 Å². The number of hydrogen-bond acceptors (Lipinski definition) is 4. The van der Waals surface area contributed by atoms with E-state index in [4.69, 9.17) is 0 Å². The van der Waals surface area contributed by atoms with Crippen LogP contribution >= 0.6 is 0 Å². The summed E-state index contributed by atoms with van der Waals surface area (Å²) in [6, 6.07) is 19.2. The molecule has 3 aromatic rings. The second kappa shape index (κ2) is 8.66. The van der Waals surface area contributed by atoms with E-state index in [9.17, 15) is 8.42 Å². The van der Waals surface area contributed by atoms with Crippen molar-refractivity contribution in [1.82, 2.24) is 5.43 Å². The topological polar surface area (TPSA) is 61.4 Å². The molecule has 0 aromatic heterocycles. The third-order valence-electron chi connectivity index (χ3n) is 5.61. The predicted octanol–water partition coefficient (Wildman–Crippen LogP) is 5.26. The third kappa shape index (κ3) is 4.16. The van der Waals surface area contributed by atoms with Gasteiger partial charge in [-0.25, -0.2) is 13.8 Å². The third-order valence-corrected chi connectivity index (χ3v) is 7.06. The van der Waals surface area contributed by atoms with Crippen LogP contribution in [0.15, 0.2) is 65.6 Å². The molecule has 3 aromatic carbocycles. The van der Waals surface area contributed by atoms with Crippen LogP contribution in [0.5, 0.6) is 0 Å². The summed E-state index contributed by atoms with van der Waals surface area (Å²) >= 11 is 0. The summed E-state index contributed by atoms with van der Waals surface area (Å²) in [6.45, 7) is 5.76. The molecule has 1 saturated heterocycles. The zero-order valence-corrected chi connectivity index (χ0v) is 18.4. The van der Waals surface area contributed by atoms with E-state index in [1.807, 2.05) is 65.7 Å². The first-order chi connectivity index (χ1) is 14.5. The van der Waals surface area contributed by atoms with Gasteiger partial charge in [0, 0.05) is 18.5 Å². The van der Waals surface area contributed by atoms with E-state index in [-0.39, 0.29) is 5.92 Å². The van der Waals surface area contributed by atoms with Gasteiger partial charge >= 0.3 is 0 Å². The van der Waals surface area contributed by atoms with Gasteiger partial charge in [0.05, 0.1) is 11.4 Å². The average molecular weight is 424 g/mol. The standard InChI is InChI=1S/C24H29N3O2S/c1-18(2)20-11-6-7-13-22(20)26-30(28,29)24-21-12-5-4-10-19(21)14-15-23(24)27-17-9-3-8-16-25-27/h4-7,10-15,18,25-26H,3,8-9,16-17H2,1-2H3. The van der Waals surface area contributed by atoms with Crippen LogP contribution in [0.4, 0.5) is 11.4 Å². The number of rotatable bonds is 5. The molecule has 6 heteroatoms. The van der Waals surface area contributed by atoms with Gasteiger partial charge in [-0.05, 0) is 41.8 Å². The highest BCUT2D eigenvalue weighted by Gasteiger charge is 2.26. The molecule has 1 fully saturated rings. The fourth-order valence-corrected chi connectivity index (χ4v) is 5.59. The minimum atomic E-state index is -3.82. The summed E-state index contributed by atoms with van der Waals surface area (Å²) in [6.07, 6.45) is 3.26. The van der Waals surface area contributed by atoms with E-state index in [2.05, 4.69) is 24.0 Å². The van der Waals surface area contributed by atoms with E-state index >= 15 is 0 Å². The van der Waals surface area contributed by atoms with E-state index < -0.39 is 10.0 Å². The lowest BCUT2D eigenvalue weighted by Gasteiger charge is -2.27. The van der Waals surface area contributed by atoms with Crippen LogP contribution in [-0.2, 0) is 10.0 Å². The molecule has 0 radical (unpaired) electrons. The molecule has 1 aliphatic heterocycles. The highest BCUT2D eigenvalue weighted by Crippen LogP contribution is 2.35. The van der Waals surface area contributed by atoms with Gasteiger partial charge in [-0.2, -0.15) is 0 Å². The van der Waals surface area contributed by atoms with Crippen molar-refractivity contribution >= 4 is 32.2 Å². The summed E-state index contributed by atoms with van der Waals surface area (Å²) in [5.74, 6) is 0.211. The number of fused-ring (bicyclic) bond motifs is 1. The van der Waals surface area contributed by atoms with Crippen molar-refractivity contribution in [3.05, 3.63) is 66.2 Å². The Morgan fingerprint density at radius 3 is 2.53 bits per heavy atom.